The zero-order valence-electron chi connectivity index (χ0n) is 7.23. The number of oxime groups is 1. The summed E-state index contributed by atoms with van der Waals surface area (Å²) in [6.07, 6.45) is 0.570. The van der Waals surface area contributed by atoms with Gasteiger partial charge < -0.3 is 16.3 Å². The second-order valence-corrected chi connectivity index (χ2v) is 3.43. The van der Waals surface area contributed by atoms with Gasteiger partial charge in [0.15, 0.2) is 0 Å². The van der Waals surface area contributed by atoms with Gasteiger partial charge in [-0.2, -0.15) is 11.3 Å². The van der Waals surface area contributed by atoms with Crippen LogP contribution in [0.25, 0.3) is 0 Å². The van der Waals surface area contributed by atoms with Gasteiger partial charge in [0, 0.05) is 19.5 Å². The summed E-state index contributed by atoms with van der Waals surface area (Å²) in [5, 5.41) is 18.5. The Kier molecular flexibility index (Phi) is 4.28. The molecule has 13 heavy (non-hydrogen) atoms. The fourth-order valence-electron chi connectivity index (χ4n) is 0.892. The first kappa shape index (κ1) is 10.0. The van der Waals surface area contributed by atoms with E-state index in [1.807, 2.05) is 5.38 Å². The molecule has 0 amide bonds. The molecule has 0 spiro atoms. The molecule has 0 aromatic carbocycles. The standard InChI is InChI=1S/C8H13N3OS/c9-8(11-12)1-3-10-5-7-2-4-13-6-7/h2,4,6,10,12H,1,3,5H2,(H2,9,11). The molecule has 4 nitrogen and oxygen atoms in total. The average Bonchev–Trinajstić information content (AvgIpc) is 2.64. The second-order valence-electron chi connectivity index (χ2n) is 2.65. The molecule has 1 aromatic heterocycles. The van der Waals surface area contributed by atoms with Gasteiger partial charge in [0.25, 0.3) is 0 Å². The van der Waals surface area contributed by atoms with Crippen LogP contribution >= 0.6 is 11.3 Å². The van der Waals surface area contributed by atoms with Gasteiger partial charge in [-0.25, -0.2) is 0 Å². The van der Waals surface area contributed by atoms with Crippen LogP contribution < -0.4 is 11.1 Å². The third-order valence-corrected chi connectivity index (χ3v) is 2.33. The molecular weight excluding hydrogens is 186 g/mol. The van der Waals surface area contributed by atoms with Crippen LogP contribution in [0.15, 0.2) is 22.0 Å². The van der Waals surface area contributed by atoms with Gasteiger partial charge in [0.2, 0.25) is 0 Å². The number of nitrogens with zero attached hydrogens (tertiary/aromatic N) is 1. The number of amidine groups is 1. The summed E-state index contributed by atoms with van der Waals surface area (Å²) in [5.74, 6) is 0.262. The Hall–Kier alpha value is -1.07. The van der Waals surface area contributed by atoms with E-state index in [9.17, 15) is 0 Å². The van der Waals surface area contributed by atoms with Crippen molar-refractivity contribution in [1.82, 2.24) is 5.32 Å². The zero-order valence-corrected chi connectivity index (χ0v) is 8.05. The highest BCUT2D eigenvalue weighted by molar-refractivity contribution is 7.07. The zero-order chi connectivity index (χ0) is 9.52. The van der Waals surface area contributed by atoms with Crippen LogP contribution in [-0.2, 0) is 6.54 Å². The fraction of sp³-hybridized carbons (Fsp3) is 0.375. The minimum absolute atomic E-state index is 0.262. The Morgan fingerprint density at radius 2 is 2.54 bits per heavy atom. The highest BCUT2D eigenvalue weighted by Gasteiger charge is 1.94. The van der Waals surface area contributed by atoms with E-state index in [4.69, 9.17) is 10.9 Å². The Morgan fingerprint density at radius 3 is 3.15 bits per heavy atom. The number of nitrogens with two attached hydrogens (primary N) is 1. The van der Waals surface area contributed by atoms with E-state index in [0.717, 1.165) is 13.1 Å². The molecule has 1 rings (SSSR count). The number of hydrogen-bond donors (Lipinski definition) is 3. The van der Waals surface area contributed by atoms with Gasteiger partial charge in [0.1, 0.15) is 5.84 Å². The minimum Gasteiger partial charge on any atom is -0.409 e. The lowest BCUT2D eigenvalue weighted by Gasteiger charge is -2.01. The van der Waals surface area contributed by atoms with E-state index in [0.29, 0.717) is 6.42 Å². The first-order valence-electron chi connectivity index (χ1n) is 4.01. The summed E-state index contributed by atoms with van der Waals surface area (Å²) in [6, 6.07) is 2.07. The largest absolute Gasteiger partial charge is 0.409 e. The summed E-state index contributed by atoms with van der Waals surface area (Å²) in [6.45, 7) is 1.56. The van der Waals surface area contributed by atoms with Gasteiger partial charge in [-0.3, -0.25) is 0 Å². The van der Waals surface area contributed by atoms with Crippen LogP contribution in [0.1, 0.15) is 12.0 Å². The summed E-state index contributed by atoms with van der Waals surface area (Å²) >= 11 is 1.68. The molecule has 0 fully saturated rings. The lowest BCUT2D eigenvalue weighted by Crippen LogP contribution is -2.21. The Labute approximate surface area is 81.1 Å². The maximum Gasteiger partial charge on any atom is 0.140 e. The monoisotopic (exact) mass is 199 g/mol. The van der Waals surface area contributed by atoms with Gasteiger partial charge in [0.05, 0.1) is 0 Å². The Bertz CT molecular complexity index is 258. The maximum atomic E-state index is 8.25. The van der Waals surface area contributed by atoms with Crippen molar-refractivity contribution < 1.29 is 5.21 Å². The van der Waals surface area contributed by atoms with Crippen LogP contribution in [0, 0.1) is 0 Å². The smallest absolute Gasteiger partial charge is 0.140 e. The van der Waals surface area contributed by atoms with E-state index in [1.165, 1.54) is 5.56 Å². The molecule has 4 N–H and O–H groups in total. The molecule has 1 aromatic rings. The molecule has 0 aliphatic carbocycles. The predicted molar refractivity (Wildman–Crippen MR) is 54.1 cm³/mol. The second kappa shape index (κ2) is 5.55. The molecule has 1 heterocycles. The van der Waals surface area contributed by atoms with Crippen molar-refractivity contribution in [3.63, 3.8) is 0 Å². The molecule has 0 radical (unpaired) electrons. The van der Waals surface area contributed by atoms with Crippen molar-refractivity contribution in [3.05, 3.63) is 22.4 Å². The van der Waals surface area contributed by atoms with Crippen LogP contribution in [0.4, 0.5) is 0 Å². The third-order valence-electron chi connectivity index (χ3n) is 1.60. The highest BCUT2D eigenvalue weighted by atomic mass is 32.1. The number of hydrogen-bond acceptors (Lipinski definition) is 4. The third kappa shape index (κ3) is 3.91. The lowest BCUT2D eigenvalue weighted by molar-refractivity contribution is 0.316. The van der Waals surface area contributed by atoms with Crippen molar-refractivity contribution in [2.75, 3.05) is 6.54 Å². The molecule has 0 saturated heterocycles. The number of thiophene rings is 1. The van der Waals surface area contributed by atoms with Gasteiger partial charge in [-0.1, -0.05) is 5.16 Å². The van der Waals surface area contributed by atoms with Crippen molar-refractivity contribution in [1.29, 1.82) is 0 Å². The van der Waals surface area contributed by atoms with E-state index in [2.05, 4.69) is 21.9 Å². The SMILES string of the molecule is NC(CCNCc1ccsc1)=NO. The topological polar surface area (TPSA) is 70.6 Å². The van der Waals surface area contributed by atoms with E-state index in [-0.39, 0.29) is 5.84 Å². The molecule has 0 aliphatic rings. The molecule has 0 aliphatic heterocycles. The molecule has 0 bridgehead atoms. The van der Waals surface area contributed by atoms with Crippen LogP contribution in [-0.4, -0.2) is 17.6 Å². The van der Waals surface area contributed by atoms with Gasteiger partial charge in [-0.05, 0) is 22.4 Å². The Balaban J connectivity index is 2.08. The fourth-order valence-corrected chi connectivity index (χ4v) is 1.56. The Morgan fingerprint density at radius 1 is 1.69 bits per heavy atom. The van der Waals surface area contributed by atoms with Gasteiger partial charge in [-0.15, -0.1) is 0 Å². The summed E-state index contributed by atoms with van der Waals surface area (Å²) in [4.78, 5) is 0. The van der Waals surface area contributed by atoms with Crippen molar-refractivity contribution >= 4 is 17.2 Å². The first-order chi connectivity index (χ1) is 6.33. The van der Waals surface area contributed by atoms with E-state index >= 15 is 0 Å². The highest BCUT2D eigenvalue weighted by Crippen LogP contribution is 2.04. The molecule has 0 atom stereocenters. The summed E-state index contributed by atoms with van der Waals surface area (Å²) in [7, 11) is 0. The van der Waals surface area contributed by atoms with Crippen LogP contribution in [0.3, 0.4) is 0 Å². The van der Waals surface area contributed by atoms with Crippen molar-refractivity contribution in [3.8, 4) is 0 Å². The van der Waals surface area contributed by atoms with Gasteiger partial charge >= 0.3 is 0 Å². The first-order valence-corrected chi connectivity index (χ1v) is 4.95. The minimum atomic E-state index is 0.262. The predicted octanol–water partition coefficient (Wildman–Crippen LogP) is 0.974. The summed E-state index contributed by atoms with van der Waals surface area (Å²) in [5.41, 5.74) is 6.56. The molecule has 0 unspecified atom stereocenters. The van der Waals surface area contributed by atoms with E-state index in [1.54, 1.807) is 11.3 Å². The summed E-state index contributed by atoms with van der Waals surface area (Å²) < 4.78 is 0. The number of nitrogens with one attached hydrogen (secondary N) is 1. The molecule has 72 valence electrons. The molecule has 0 saturated carbocycles. The van der Waals surface area contributed by atoms with Crippen LogP contribution in [0.5, 0.6) is 0 Å². The van der Waals surface area contributed by atoms with E-state index < -0.39 is 0 Å². The maximum absolute atomic E-state index is 8.25. The lowest BCUT2D eigenvalue weighted by atomic mass is 10.3. The molecule has 5 heteroatoms. The quantitative estimate of drug-likeness (QED) is 0.217. The van der Waals surface area contributed by atoms with Crippen LogP contribution in [0.2, 0.25) is 0 Å². The average molecular weight is 199 g/mol. The normalized spacial score (nSPS) is 11.8. The van der Waals surface area contributed by atoms with Crippen molar-refractivity contribution in [2.24, 2.45) is 10.9 Å². The van der Waals surface area contributed by atoms with Crippen molar-refractivity contribution in [2.45, 2.75) is 13.0 Å². The molecular formula is C8H13N3OS. The number of rotatable bonds is 5.